The molecule has 1 aromatic heterocycles. The largest absolute Gasteiger partial charge is 0.352 e. The molecule has 90 valence electrons. The first-order chi connectivity index (χ1) is 8.83. The van der Waals surface area contributed by atoms with E-state index in [-0.39, 0.29) is 5.91 Å². The van der Waals surface area contributed by atoms with Gasteiger partial charge in [0.25, 0.3) is 5.91 Å². The van der Waals surface area contributed by atoms with Gasteiger partial charge in [0.1, 0.15) is 5.52 Å². The molecule has 0 saturated heterocycles. The predicted octanol–water partition coefficient (Wildman–Crippen LogP) is 1.66. The molecule has 1 heterocycles. The van der Waals surface area contributed by atoms with E-state index in [0.717, 1.165) is 0 Å². The molecule has 1 N–H and O–H groups in total. The van der Waals surface area contributed by atoms with E-state index in [4.69, 9.17) is 5.26 Å². The Balaban J connectivity index is 2.15. The lowest BCUT2D eigenvalue weighted by Crippen LogP contribution is -2.24. The smallest absolute Gasteiger partial charge is 0.253 e. The summed E-state index contributed by atoms with van der Waals surface area (Å²) < 4.78 is 0. The van der Waals surface area contributed by atoms with E-state index in [2.05, 4.69) is 15.3 Å². The summed E-state index contributed by atoms with van der Waals surface area (Å²) in [4.78, 5) is 20.3. The molecule has 5 heteroatoms. The number of unbranched alkanes of at least 4 members (excludes halogenated alkanes) is 1. The molecular weight excluding hydrogens is 228 g/mol. The minimum absolute atomic E-state index is 0.181. The molecule has 5 nitrogen and oxygen atoms in total. The van der Waals surface area contributed by atoms with E-state index in [0.29, 0.717) is 36.0 Å². The van der Waals surface area contributed by atoms with Crippen LogP contribution in [0.4, 0.5) is 0 Å². The van der Waals surface area contributed by atoms with Gasteiger partial charge in [-0.05, 0) is 18.6 Å². The summed E-state index contributed by atoms with van der Waals surface area (Å²) in [5, 5.41) is 11.2. The van der Waals surface area contributed by atoms with Gasteiger partial charge in [-0.1, -0.05) is 6.07 Å². The van der Waals surface area contributed by atoms with Gasteiger partial charge in [-0.2, -0.15) is 5.26 Å². The van der Waals surface area contributed by atoms with Crippen LogP contribution in [0.1, 0.15) is 23.2 Å². The highest BCUT2D eigenvalue weighted by atomic mass is 16.1. The third-order valence-corrected chi connectivity index (χ3v) is 2.49. The molecule has 0 saturated carbocycles. The van der Waals surface area contributed by atoms with Crippen LogP contribution in [0.5, 0.6) is 0 Å². The summed E-state index contributed by atoms with van der Waals surface area (Å²) in [6.07, 6.45) is 4.25. The molecule has 0 unspecified atom stereocenters. The van der Waals surface area contributed by atoms with Gasteiger partial charge in [-0.25, -0.2) is 0 Å². The van der Waals surface area contributed by atoms with Gasteiger partial charge in [0.15, 0.2) is 0 Å². The Morgan fingerprint density at radius 2 is 2.17 bits per heavy atom. The van der Waals surface area contributed by atoms with E-state index >= 15 is 0 Å². The van der Waals surface area contributed by atoms with Crippen molar-refractivity contribution in [3.63, 3.8) is 0 Å². The summed E-state index contributed by atoms with van der Waals surface area (Å²) in [5.41, 5.74) is 1.80. The van der Waals surface area contributed by atoms with Crippen LogP contribution in [0, 0.1) is 11.3 Å². The van der Waals surface area contributed by atoms with Gasteiger partial charge in [0.05, 0.1) is 17.1 Å². The fourth-order valence-electron chi connectivity index (χ4n) is 1.64. The SMILES string of the molecule is N#CCCCNC(=O)c1cccc2nccnc12. The number of rotatable bonds is 4. The summed E-state index contributed by atoms with van der Waals surface area (Å²) in [6.45, 7) is 0.489. The predicted molar refractivity (Wildman–Crippen MR) is 66.7 cm³/mol. The van der Waals surface area contributed by atoms with Gasteiger partial charge in [-0.15, -0.1) is 0 Å². The summed E-state index contributed by atoms with van der Waals surface area (Å²) in [5.74, 6) is -0.181. The van der Waals surface area contributed by atoms with Crippen molar-refractivity contribution in [2.45, 2.75) is 12.8 Å². The number of hydrogen-bond acceptors (Lipinski definition) is 4. The van der Waals surface area contributed by atoms with Crippen LogP contribution in [-0.4, -0.2) is 22.4 Å². The third kappa shape index (κ3) is 2.61. The normalized spacial score (nSPS) is 9.94. The van der Waals surface area contributed by atoms with Crippen LogP contribution >= 0.6 is 0 Å². The molecule has 0 radical (unpaired) electrons. The van der Waals surface area contributed by atoms with Crippen molar-refractivity contribution in [2.75, 3.05) is 6.54 Å². The molecule has 0 aliphatic carbocycles. The van der Waals surface area contributed by atoms with Crippen LogP contribution in [0.2, 0.25) is 0 Å². The van der Waals surface area contributed by atoms with Crippen molar-refractivity contribution < 1.29 is 4.79 Å². The Hall–Kier alpha value is -2.48. The lowest BCUT2D eigenvalue weighted by molar-refractivity contribution is 0.0955. The Bertz CT molecular complexity index is 598. The number of carbonyl (C=O) groups is 1. The molecule has 0 spiro atoms. The first kappa shape index (κ1) is 12.0. The number of nitrogens with zero attached hydrogens (tertiary/aromatic N) is 3. The van der Waals surface area contributed by atoms with Crippen LogP contribution in [0.25, 0.3) is 11.0 Å². The van der Waals surface area contributed by atoms with Gasteiger partial charge in [-0.3, -0.25) is 14.8 Å². The van der Waals surface area contributed by atoms with Gasteiger partial charge in [0.2, 0.25) is 0 Å². The van der Waals surface area contributed by atoms with Crippen molar-refractivity contribution in [3.05, 3.63) is 36.2 Å². The average molecular weight is 240 g/mol. The van der Waals surface area contributed by atoms with Crippen molar-refractivity contribution in [1.82, 2.24) is 15.3 Å². The highest BCUT2D eigenvalue weighted by Crippen LogP contribution is 2.13. The monoisotopic (exact) mass is 240 g/mol. The van der Waals surface area contributed by atoms with Gasteiger partial charge < -0.3 is 5.32 Å². The van der Waals surface area contributed by atoms with Crippen molar-refractivity contribution in [1.29, 1.82) is 5.26 Å². The van der Waals surface area contributed by atoms with Crippen molar-refractivity contribution in [3.8, 4) is 6.07 Å². The topological polar surface area (TPSA) is 78.7 Å². The molecule has 0 atom stereocenters. The van der Waals surface area contributed by atoms with Crippen LogP contribution in [0.3, 0.4) is 0 Å². The molecular formula is C13H12N4O. The van der Waals surface area contributed by atoms with Crippen molar-refractivity contribution in [2.24, 2.45) is 0 Å². The summed E-state index contributed by atoms with van der Waals surface area (Å²) in [7, 11) is 0. The second-order valence-electron chi connectivity index (χ2n) is 3.75. The number of amides is 1. The minimum Gasteiger partial charge on any atom is -0.352 e. The molecule has 2 aromatic rings. The standard InChI is InChI=1S/C13H12N4O/c14-6-1-2-7-17-13(18)10-4-3-5-11-12(10)16-9-8-15-11/h3-5,8-9H,1-2,7H2,(H,17,18). The lowest BCUT2D eigenvalue weighted by Gasteiger charge is -2.05. The minimum atomic E-state index is -0.181. The second kappa shape index (κ2) is 5.73. The Morgan fingerprint density at radius 1 is 1.33 bits per heavy atom. The maximum Gasteiger partial charge on any atom is 0.253 e. The quantitative estimate of drug-likeness (QED) is 0.824. The van der Waals surface area contributed by atoms with Crippen LogP contribution < -0.4 is 5.32 Å². The van der Waals surface area contributed by atoms with Gasteiger partial charge >= 0.3 is 0 Å². The molecule has 0 fully saturated rings. The fourth-order valence-corrected chi connectivity index (χ4v) is 1.64. The molecule has 18 heavy (non-hydrogen) atoms. The first-order valence-corrected chi connectivity index (χ1v) is 5.68. The zero-order valence-corrected chi connectivity index (χ0v) is 9.76. The molecule has 2 rings (SSSR count). The van der Waals surface area contributed by atoms with E-state index in [1.807, 2.05) is 12.1 Å². The lowest BCUT2D eigenvalue weighted by atomic mass is 10.1. The Morgan fingerprint density at radius 3 is 3.00 bits per heavy atom. The third-order valence-electron chi connectivity index (χ3n) is 2.49. The second-order valence-corrected chi connectivity index (χ2v) is 3.75. The molecule has 0 aliphatic rings. The fraction of sp³-hybridized carbons (Fsp3) is 0.231. The van der Waals surface area contributed by atoms with E-state index in [1.54, 1.807) is 24.5 Å². The molecule has 0 aliphatic heterocycles. The van der Waals surface area contributed by atoms with E-state index in [9.17, 15) is 4.79 Å². The number of fused-ring (bicyclic) bond motifs is 1. The highest BCUT2D eigenvalue weighted by molar-refractivity contribution is 6.04. The zero-order valence-electron chi connectivity index (χ0n) is 9.76. The van der Waals surface area contributed by atoms with Crippen LogP contribution in [0.15, 0.2) is 30.6 Å². The van der Waals surface area contributed by atoms with Crippen LogP contribution in [-0.2, 0) is 0 Å². The first-order valence-electron chi connectivity index (χ1n) is 5.68. The van der Waals surface area contributed by atoms with Gasteiger partial charge in [0, 0.05) is 25.4 Å². The molecule has 1 amide bonds. The number of hydrogen-bond donors (Lipinski definition) is 1. The average Bonchev–Trinajstić information content (AvgIpc) is 2.43. The number of nitrogens with one attached hydrogen (secondary N) is 1. The van der Waals surface area contributed by atoms with E-state index in [1.165, 1.54) is 0 Å². The zero-order chi connectivity index (χ0) is 12.8. The van der Waals surface area contributed by atoms with E-state index < -0.39 is 0 Å². The number of nitriles is 1. The number of benzene rings is 1. The highest BCUT2D eigenvalue weighted by Gasteiger charge is 2.10. The summed E-state index contributed by atoms with van der Waals surface area (Å²) in [6, 6.07) is 7.35. The Kier molecular flexibility index (Phi) is 3.82. The number of para-hydroxylation sites is 1. The number of carbonyl (C=O) groups excluding carboxylic acids is 1. The number of aromatic nitrogens is 2. The maximum atomic E-state index is 12.0. The molecule has 1 aromatic carbocycles. The van der Waals surface area contributed by atoms with Crippen molar-refractivity contribution >= 4 is 16.9 Å². The molecule has 0 bridgehead atoms. The Labute approximate surface area is 104 Å². The maximum absolute atomic E-state index is 12.0. The summed E-state index contributed by atoms with van der Waals surface area (Å²) >= 11 is 0.